The quantitative estimate of drug-likeness (QED) is 0.786. The molecule has 110 valence electrons. The summed E-state index contributed by atoms with van der Waals surface area (Å²) >= 11 is 0. The Morgan fingerprint density at radius 1 is 1.35 bits per heavy atom. The van der Waals surface area contributed by atoms with Crippen LogP contribution in [0.15, 0.2) is 11.6 Å². The molecule has 4 aliphatic carbocycles. The molecule has 0 aromatic rings. The van der Waals surface area contributed by atoms with Crippen molar-refractivity contribution in [2.75, 3.05) is 20.1 Å². The molecule has 4 heteroatoms. The Balaban J connectivity index is 1.40. The van der Waals surface area contributed by atoms with E-state index in [1.165, 1.54) is 25.7 Å². The van der Waals surface area contributed by atoms with E-state index in [4.69, 9.17) is 4.74 Å². The molecule has 1 heterocycles. The van der Waals surface area contributed by atoms with E-state index in [-0.39, 0.29) is 12.2 Å². The number of hydrogen-bond donors (Lipinski definition) is 1. The summed E-state index contributed by atoms with van der Waals surface area (Å²) in [5.41, 5.74) is 1.63. The third kappa shape index (κ3) is 2.05. The van der Waals surface area contributed by atoms with Crippen LogP contribution in [-0.2, 0) is 4.74 Å². The number of amides is 1. The van der Waals surface area contributed by atoms with E-state index in [2.05, 4.69) is 11.4 Å². The smallest absolute Gasteiger partial charge is 0.410 e. The molecule has 0 spiro atoms. The zero-order chi connectivity index (χ0) is 13.7. The van der Waals surface area contributed by atoms with Gasteiger partial charge < -0.3 is 15.0 Å². The summed E-state index contributed by atoms with van der Waals surface area (Å²) in [6, 6.07) is 0.436. The van der Waals surface area contributed by atoms with Gasteiger partial charge in [0, 0.05) is 31.0 Å². The molecule has 1 saturated heterocycles. The van der Waals surface area contributed by atoms with Crippen molar-refractivity contribution >= 4 is 6.09 Å². The number of ether oxygens (including phenoxy) is 1. The first-order valence-electron chi connectivity index (χ1n) is 8.05. The van der Waals surface area contributed by atoms with Gasteiger partial charge in [0.1, 0.15) is 6.10 Å². The van der Waals surface area contributed by atoms with E-state index >= 15 is 0 Å². The predicted octanol–water partition coefficient (Wildman–Crippen LogP) is 2.16. The average molecular weight is 276 g/mol. The lowest BCUT2D eigenvalue weighted by atomic mass is 9.60. The lowest BCUT2D eigenvalue weighted by Gasteiger charge is -2.49. The fourth-order valence-corrected chi connectivity index (χ4v) is 4.83. The number of likely N-dealkylation sites (tertiary alicyclic amines) is 1. The van der Waals surface area contributed by atoms with Crippen molar-refractivity contribution in [3.05, 3.63) is 11.6 Å². The second-order valence-corrected chi connectivity index (χ2v) is 7.05. The van der Waals surface area contributed by atoms with E-state index < -0.39 is 0 Å². The van der Waals surface area contributed by atoms with Crippen LogP contribution in [0.4, 0.5) is 4.79 Å². The first kappa shape index (κ1) is 12.7. The van der Waals surface area contributed by atoms with E-state index in [9.17, 15) is 4.79 Å². The highest BCUT2D eigenvalue weighted by molar-refractivity contribution is 5.68. The van der Waals surface area contributed by atoms with Crippen molar-refractivity contribution < 1.29 is 9.53 Å². The zero-order valence-corrected chi connectivity index (χ0v) is 12.2. The molecule has 2 unspecified atom stereocenters. The minimum absolute atomic E-state index is 0.0748. The Morgan fingerprint density at radius 2 is 2.10 bits per heavy atom. The SMILES string of the molecule is CN[C@@H]1CCN(C(=O)OC2C3CC4=CC(C3)CC2C4)C1. The number of carbonyl (C=O) groups excluding carboxylic acids is 1. The summed E-state index contributed by atoms with van der Waals surface area (Å²) in [5, 5.41) is 3.25. The highest BCUT2D eigenvalue weighted by atomic mass is 16.6. The topological polar surface area (TPSA) is 41.6 Å². The van der Waals surface area contributed by atoms with Crippen LogP contribution in [0.5, 0.6) is 0 Å². The van der Waals surface area contributed by atoms with Crippen molar-refractivity contribution in [3.8, 4) is 0 Å². The van der Waals surface area contributed by atoms with Crippen LogP contribution in [0.3, 0.4) is 0 Å². The zero-order valence-electron chi connectivity index (χ0n) is 12.2. The molecule has 1 N–H and O–H groups in total. The maximum absolute atomic E-state index is 12.4. The van der Waals surface area contributed by atoms with Crippen LogP contribution in [-0.4, -0.2) is 43.3 Å². The maximum Gasteiger partial charge on any atom is 0.410 e. The molecule has 0 aromatic heterocycles. The largest absolute Gasteiger partial charge is 0.445 e. The van der Waals surface area contributed by atoms with Gasteiger partial charge in [0.2, 0.25) is 0 Å². The monoisotopic (exact) mass is 276 g/mol. The van der Waals surface area contributed by atoms with E-state index in [0.29, 0.717) is 17.9 Å². The molecule has 3 fully saturated rings. The third-order valence-corrected chi connectivity index (χ3v) is 5.75. The Morgan fingerprint density at radius 3 is 2.70 bits per heavy atom. The Labute approximate surface area is 120 Å². The fraction of sp³-hybridized carbons (Fsp3) is 0.812. The average Bonchev–Trinajstić information content (AvgIpc) is 2.91. The molecule has 5 rings (SSSR count). The van der Waals surface area contributed by atoms with Gasteiger partial charge in [-0.3, -0.25) is 0 Å². The molecule has 1 amide bonds. The van der Waals surface area contributed by atoms with E-state index in [0.717, 1.165) is 25.4 Å². The molecule has 1 aliphatic heterocycles. The van der Waals surface area contributed by atoms with Crippen LogP contribution < -0.4 is 5.32 Å². The number of rotatable bonds is 2. The lowest BCUT2D eigenvalue weighted by Crippen LogP contribution is -2.48. The molecule has 0 aromatic carbocycles. The second kappa shape index (κ2) is 4.76. The summed E-state index contributed by atoms with van der Waals surface area (Å²) < 4.78 is 5.94. The molecule has 0 radical (unpaired) electrons. The van der Waals surface area contributed by atoms with Crippen molar-refractivity contribution in [2.45, 2.75) is 44.2 Å². The summed E-state index contributed by atoms with van der Waals surface area (Å²) in [5.74, 6) is 1.97. The van der Waals surface area contributed by atoms with Crippen LogP contribution in [0.2, 0.25) is 0 Å². The summed E-state index contributed by atoms with van der Waals surface area (Å²) in [7, 11) is 1.96. The number of nitrogens with one attached hydrogen (secondary N) is 1. The standard InChI is InChI=1S/C16H24N2O2/c1-17-14-2-3-18(9-14)16(19)20-15-12-5-10-4-11(7-12)8-13(15)6-10/h4,10,12-15,17H,2-3,5-9H2,1H3/t10?,12?,13?,14-,15?/m1/s1. The van der Waals surface area contributed by atoms with Crippen molar-refractivity contribution in [1.29, 1.82) is 0 Å². The minimum Gasteiger partial charge on any atom is -0.445 e. The van der Waals surface area contributed by atoms with Gasteiger partial charge in [-0.1, -0.05) is 11.6 Å². The fourth-order valence-electron chi connectivity index (χ4n) is 4.83. The van der Waals surface area contributed by atoms with Gasteiger partial charge in [0.25, 0.3) is 0 Å². The minimum atomic E-state index is -0.0748. The Kier molecular flexibility index (Phi) is 3.02. The number of allylic oxidation sites excluding steroid dienone is 2. The van der Waals surface area contributed by atoms with Gasteiger partial charge in [0.05, 0.1) is 0 Å². The number of carbonyl (C=O) groups is 1. The van der Waals surface area contributed by atoms with Gasteiger partial charge in [-0.2, -0.15) is 0 Å². The Bertz CT molecular complexity index is 430. The first-order valence-corrected chi connectivity index (χ1v) is 8.05. The van der Waals surface area contributed by atoms with Crippen LogP contribution in [0, 0.1) is 17.8 Å². The van der Waals surface area contributed by atoms with Crippen molar-refractivity contribution in [2.24, 2.45) is 17.8 Å². The molecule has 3 atom stereocenters. The highest BCUT2D eigenvalue weighted by Gasteiger charge is 2.47. The molecular formula is C16H24N2O2. The van der Waals surface area contributed by atoms with Crippen LogP contribution in [0.1, 0.15) is 32.1 Å². The number of hydrogen-bond acceptors (Lipinski definition) is 3. The summed E-state index contributed by atoms with van der Waals surface area (Å²) in [6.07, 6.45) is 8.45. The first-order chi connectivity index (χ1) is 9.72. The van der Waals surface area contributed by atoms with Gasteiger partial charge in [-0.25, -0.2) is 4.79 Å². The molecule has 2 saturated carbocycles. The second-order valence-electron chi connectivity index (χ2n) is 7.05. The summed E-state index contributed by atoms with van der Waals surface area (Å²) in [4.78, 5) is 14.2. The van der Waals surface area contributed by atoms with Gasteiger partial charge in [-0.05, 0) is 45.1 Å². The summed E-state index contributed by atoms with van der Waals surface area (Å²) in [6.45, 7) is 1.63. The van der Waals surface area contributed by atoms with Gasteiger partial charge >= 0.3 is 6.09 Å². The third-order valence-electron chi connectivity index (χ3n) is 5.75. The maximum atomic E-state index is 12.4. The van der Waals surface area contributed by atoms with E-state index in [1.807, 2.05) is 11.9 Å². The van der Waals surface area contributed by atoms with Crippen molar-refractivity contribution in [1.82, 2.24) is 10.2 Å². The molecule has 5 aliphatic rings. The van der Waals surface area contributed by atoms with E-state index in [1.54, 1.807) is 5.57 Å². The number of nitrogens with zero attached hydrogens (tertiary/aromatic N) is 1. The van der Waals surface area contributed by atoms with Crippen molar-refractivity contribution in [3.63, 3.8) is 0 Å². The molecule has 4 bridgehead atoms. The number of likely N-dealkylation sites (N-methyl/N-ethyl adjacent to an activating group) is 1. The Hall–Kier alpha value is -1.03. The molecular weight excluding hydrogens is 252 g/mol. The lowest BCUT2D eigenvalue weighted by molar-refractivity contribution is -0.0432. The molecule has 4 nitrogen and oxygen atoms in total. The normalized spacial score (nSPS) is 42.0. The predicted molar refractivity (Wildman–Crippen MR) is 76.3 cm³/mol. The van der Waals surface area contributed by atoms with Gasteiger partial charge in [0.15, 0.2) is 0 Å². The highest BCUT2D eigenvalue weighted by Crippen LogP contribution is 2.51. The van der Waals surface area contributed by atoms with Gasteiger partial charge in [-0.15, -0.1) is 0 Å². The van der Waals surface area contributed by atoms with Crippen LogP contribution >= 0.6 is 0 Å². The van der Waals surface area contributed by atoms with Crippen LogP contribution in [0.25, 0.3) is 0 Å². The molecule has 20 heavy (non-hydrogen) atoms.